The second-order valence-corrected chi connectivity index (χ2v) is 1.92. The zero-order chi connectivity index (χ0) is 8.81. The summed E-state index contributed by atoms with van der Waals surface area (Å²) in [6.07, 6.45) is 4.19. The molecule has 1 rings (SSSR count). The number of oxime groups is 1. The van der Waals surface area contributed by atoms with E-state index < -0.39 is 0 Å². The minimum absolute atomic E-state index is 0.373. The van der Waals surface area contributed by atoms with Crippen molar-refractivity contribution in [2.24, 2.45) is 5.16 Å². The molecule has 1 aromatic heterocycles. The van der Waals surface area contributed by atoms with Crippen LogP contribution in [0, 0.1) is 0 Å². The van der Waals surface area contributed by atoms with Gasteiger partial charge in [-0.15, -0.1) is 0 Å². The highest BCUT2D eigenvalue weighted by Gasteiger charge is 2.01. The summed E-state index contributed by atoms with van der Waals surface area (Å²) in [5, 5.41) is 11.1. The van der Waals surface area contributed by atoms with Crippen molar-refractivity contribution in [3.63, 3.8) is 0 Å². The van der Waals surface area contributed by atoms with Crippen molar-refractivity contribution in [2.45, 2.75) is 6.92 Å². The lowest BCUT2D eigenvalue weighted by atomic mass is 10.4. The summed E-state index contributed by atoms with van der Waals surface area (Å²) in [6, 6.07) is 0. The van der Waals surface area contributed by atoms with E-state index in [1.54, 1.807) is 0 Å². The number of ether oxygens (including phenoxy) is 1. The molecular weight excluding hydrogens is 158 g/mol. The number of aromatic nitrogens is 2. The van der Waals surface area contributed by atoms with Gasteiger partial charge in [-0.2, -0.15) is 0 Å². The number of hydrogen-bond donors (Lipinski definition) is 1. The van der Waals surface area contributed by atoms with Crippen LogP contribution in [0.1, 0.15) is 12.6 Å². The second kappa shape index (κ2) is 4.27. The Morgan fingerprint density at radius 3 is 3.00 bits per heavy atom. The summed E-state index contributed by atoms with van der Waals surface area (Å²) < 4.78 is 5.11. The minimum Gasteiger partial charge on any atom is -0.476 e. The first-order valence-corrected chi connectivity index (χ1v) is 3.49. The molecule has 0 saturated carbocycles. The van der Waals surface area contributed by atoms with Crippen molar-refractivity contribution in [2.75, 3.05) is 6.61 Å². The standard InChI is InChI=1S/C7H9N3O2/c1-2-12-7-6(5-10-11)8-3-4-9-7/h3-5,11H,2H2,1H3/b10-5+. The van der Waals surface area contributed by atoms with Gasteiger partial charge in [-0.25, -0.2) is 9.97 Å². The third-order valence-corrected chi connectivity index (χ3v) is 1.15. The van der Waals surface area contributed by atoms with E-state index in [1.807, 2.05) is 6.92 Å². The summed E-state index contributed by atoms with van der Waals surface area (Å²) in [4.78, 5) is 7.79. The van der Waals surface area contributed by atoms with Gasteiger partial charge >= 0.3 is 0 Å². The van der Waals surface area contributed by atoms with E-state index in [0.29, 0.717) is 18.2 Å². The van der Waals surface area contributed by atoms with Gasteiger partial charge < -0.3 is 9.94 Å². The molecule has 0 bridgehead atoms. The average Bonchev–Trinajstić information content (AvgIpc) is 2.09. The summed E-state index contributed by atoms with van der Waals surface area (Å²) in [7, 11) is 0. The van der Waals surface area contributed by atoms with Crippen LogP contribution >= 0.6 is 0 Å². The van der Waals surface area contributed by atoms with E-state index in [0.717, 1.165) is 0 Å². The fourth-order valence-corrected chi connectivity index (χ4v) is 0.727. The molecule has 12 heavy (non-hydrogen) atoms. The van der Waals surface area contributed by atoms with Crippen molar-refractivity contribution in [3.05, 3.63) is 18.1 Å². The first kappa shape index (κ1) is 8.45. The molecule has 5 heteroatoms. The van der Waals surface area contributed by atoms with Gasteiger partial charge in [-0.3, -0.25) is 0 Å². The Hall–Kier alpha value is -1.65. The van der Waals surface area contributed by atoms with Crippen LogP contribution in [-0.2, 0) is 0 Å². The van der Waals surface area contributed by atoms with Gasteiger partial charge in [0.25, 0.3) is 0 Å². The first-order valence-electron chi connectivity index (χ1n) is 3.49. The fourth-order valence-electron chi connectivity index (χ4n) is 0.727. The van der Waals surface area contributed by atoms with Gasteiger partial charge in [-0.1, -0.05) is 5.16 Å². The normalized spacial score (nSPS) is 10.4. The molecule has 1 aromatic rings. The fraction of sp³-hybridized carbons (Fsp3) is 0.286. The van der Waals surface area contributed by atoms with Gasteiger partial charge in [0, 0.05) is 12.4 Å². The Morgan fingerprint density at radius 2 is 2.33 bits per heavy atom. The van der Waals surface area contributed by atoms with Crippen LogP contribution < -0.4 is 4.74 Å². The molecule has 0 aliphatic heterocycles. The Kier molecular flexibility index (Phi) is 3.01. The molecule has 0 aliphatic carbocycles. The Morgan fingerprint density at radius 1 is 1.58 bits per heavy atom. The Labute approximate surface area is 69.7 Å². The molecular formula is C7H9N3O2. The molecule has 1 heterocycles. The predicted octanol–water partition coefficient (Wildman–Crippen LogP) is 0.683. The summed E-state index contributed by atoms with van der Waals surface area (Å²) in [5.74, 6) is 0.373. The van der Waals surface area contributed by atoms with Crippen LogP contribution in [-0.4, -0.2) is 28.0 Å². The highest BCUT2D eigenvalue weighted by molar-refractivity contribution is 5.79. The molecule has 0 amide bonds. The van der Waals surface area contributed by atoms with Crippen molar-refractivity contribution < 1.29 is 9.94 Å². The monoisotopic (exact) mass is 167 g/mol. The molecule has 0 fully saturated rings. The predicted molar refractivity (Wildman–Crippen MR) is 42.6 cm³/mol. The number of rotatable bonds is 3. The molecule has 0 radical (unpaired) electrons. The van der Waals surface area contributed by atoms with Crippen LogP contribution in [0.5, 0.6) is 5.88 Å². The van der Waals surface area contributed by atoms with Crippen molar-refractivity contribution >= 4 is 6.21 Å². The highest BCUT2D eigenvalue weighted by atomic mass is 16.5. The Balaban J connectivity index is 2.91. The van der Waals surface area contributed by atoms with E-state index in [9.17, 15) is 0 Å². The molecule has 0 spiro atoms. The molecule has 0 atom stereocenters. The maximum absolute atomic E-state index is 8.26. The van der Waals surface area contributed by atoms with E-state index >= 15 is 0 Å². The summed E-state index contributed by atoms with van der Waals surface area (Å²) in [6.45, 7) is 2.35. The highest BCUT2D eigenvalue weighted by Crippen LogP contribution is 2.07. The van der Waals surface area contributed by atoms with Crippen LogP contribution in [0.4, 0.5) is 0 Å². The largest absolute Gasteiger partial charge is 0.476 e. The summed E-state index contributed by atoms with van der Waals surface area (Å²) in [5.41, 5.74) is 0.418. The number of nitrogens with zero attached hydrogens (tertiary/aromatic N) is 3. The topological polar surface area (TPSA) is 67.6 Å². The maximum Gasteiger partial charge on any atom is 0.241 e. The van der Waals surface area contributed by atoms with E-state index in [1.165, 1.54) is 18.6 Å². The lowest BCUT2D eigenvalue weighted by Crippen LogP contribution is -2.00. The van der Waals surface area contributed by atoms with Gasteiger partial charge in [0.15, 0.2) is 0 Å². The molecule has 0 unspecified atom stereocenters. The molecule has 64 valence electrons. The number of hydrogen-bond acceptors (Lipinski definition) is 5. The van der Waals surface area contributed by atoms with Crippen LogP contribution in [0.3, 0.4) is 0 Å². The van der Waals surface area contributed by atoms with Crippen molar-refractivity contribution in [1.82, 2.24) is 9.97 Å². The van der Waals surface area contributed by atoms with Gasteiger partial charge in [0.2, 0.25) is 5.88 Å². The first-order chi connectivity index (χ1) is 5.88. The lowest BCUT2D eigenvalue weighted by molar-refractivity contribution is 0.316. The van der Waals surface area contributed by atoms with Crippen LogP contribution in [0.25, 0.3) is 0 Å². The SMILES string of the molecule is CCOc1nccnc1/C=N/O. The van der Waals surface area contributed by atoms with E-state index in [-0.39, 0.29) is 0 Å². The van der Waals surface area contributed by atoms with Gasteiger partial charge in [0.05, 0.1) is 12.8 Å². The Bertz CT molecular complexity index is 275. The smallest absolute Gasteiger partial charge is 0.241 e. The summed E-state index contributed by atoms with van der Waals surface area (Å²) >= 11 is 0. The van der Waals surface area contributed by atoms with Crippen LogP contribution in [0.2, 0.25) is 0 Å². The van der Waals surface area contributed by atoms with E-state index in [4.69, 9.17) is 9.94 Å². The quantitative estimate of drug-likeness (QED) is 0.408. The lowest BCUT2D eigenvalue weighted by Gasteiger charge is -2.02. The zero-order valence-corrected chi connectivity index (χ0v) is 6.64. The minimum atomic E-state index is 0.373. The molecule has 0 aromatic carbocycles. The molecule has 1 N–H and O–H groups in total. The van der Waals surface area contributed by atoms with Gasteiger partial charge in [0.1, 0.15) is 5.69 Å². The molecule has 5 nitrogen and oxygen atoms in total. The average molecular weight is 167 g/mol. The third kappa shape index (κ3) is 1.91. The van der Waals surface area contributed by atoms with Crippen molar-refractivity contribution in [1.29, 1.82) is 0 Å². The van der Waals surface area contributed by atoms with E-state index in [2.05, 4.69) is 15.1 Å². The molecule has 0 saturated heterocycles. The molecule has 0 aliphatic rings. The zero-order valence-electron chi connectivity index (χ0n) is 6.64. The van der Waals surface area contributed by atoms with Crippen molar-refractivity contribution in [3.8, 4) is 5.88 Å². The maximum atomic E-state index is 8.26. The third-order valence-electron chi connectivity index (χ3n) is 1.15. The van der Waals surface area contributed by atoms with Crippen LogP contribution in [0.15, 0.2) is 17.5 Å². The van der Waals surface area contributed by atoms with Gasteiger partial charge in [-0.05, 0) is 6.92 Å². The second-order valence-electron chi connectivity index (χ2n) is 1.92.